The van der Waals surface area contributed by atoms with E-state index in [4.69, 9.17) is 5.73 Å². The van der Waals surface area contributed by atoms with Crippen molar-refractivity contribution < 1.29 is 18.0 Å². The Bertz CT molecular complexity index is 646. The van der Waals surface area contributed by atoms with Gasteiger partial charge in [0.05, 0.1) is 5.56 Å². The van der Waals surface area contributed by atoms with Gasteiger partial charge in [0, 0.05) is 6.04 Å². The third kappa shape index (κ3) is 2.60. The molecule has 0 aliphatic heterocycles. The first-order valence-electron chi connectivity index (χ1n) is 6.12. The van der Waals surface area contributed by atoms with E-state index in [2.05, 4.69) is 20.3 Å². The molecule has 0 spiro atoms. The summed E-state index contributed by atoms with van der Waals surface area (Å²) in [4.78, 5) is 15.1. The van der Waals surface area contributed by atoms with Crippen LogP contribution in [0.3, 0.4) is 0 Å². The molecule has 2 heterocycles. The standard InChI is InChI=1S/C11H13F3N6O/c1-3-5(2)20-8(11(12,13)14)6(7(19-20)9(15)21)10-16-4-17-18-10/h4-5H,3H2,1-2H3,(H2,15,21)(H,16,17,18). The molecule has 21 heavy (non-hydrogen) atoms. The lowest BCUT2D eigenvalue weighted by Crippen LogP contribution is -2.18. The lowest BCUT2D eigenvalue weighted by molar-refractivity contribution is -0.144. The monoisotopic (exact) mass is 302 g/mol. The Hall–Kier alpha value is -2.39. The third-order valence-electron chi connectivity index (χ3n) is 3.07. The predicted molar refractivity (Wildman–Crippen MR) is 66.1 cm³/mol. The van der Waals surface area contributed by atoms with Gasteiger partial charge in [0.2, 0.25) is 0 Å². The van der Waals surface area contributed by atoms with Crippen LogP contribution >= 0.6 is 0 Å². The molecule has 114 valence electrons. The number of halogens is 3. The predicted octanol–water partition coefficient (Wildman–Crippen LogP) is 1.76. The summed E-state index contributed by atoms with van der Waals surface area (Å²) >= 11 is 0. The van der Waals surface area contributed by atoms with Gasteiger partial charge in [0.15, 0.2) is 17.2 Å². The molecule has 7 nitrogen and oxygen atoms in total. The number of alkyl halides is 3. The van der Waals surface area contributed by atoms with Crippen molar-refractivity contribution in [2.75, 3.05) is 0 Å². The number of H-pyrrole nitrogens is 1. The van der Waals surface area contributed by atoms with E-state index in [9.17, 15) is 18.0 Å². The minimum absolute atomic E-state index is 0.203. The fourth-order valence-electron chi connectivity index (χ4n) is 1.92. The molecule has 0 aromatic carbocycles. The molecule has 3 N–H and O–H groups in total. The van der Waals surface area contributed by atoms with Gasteiger partial charge < -0.3 is 5.73 Å². The van der Waals surface area contributed by atoms with Gasteiger partial charge in [-0.2, -0.15) is 23.4 Å². The van der Waals surface area contributed by atoms with Crippen molar-refractivity contribution in [3.05, 3.63) is 17.7 Å². The van der Waals surface area contributed by atoms with Crippen LogP contribution in [0.4, 0.5) is 13.2 Å². The van der Waals surface area contributed by atoms with Crippen LogP contribution in [0.25, 0.3) is 11.4 Å². The molecule has 0 saturated carbocycles. The Morgan fingerprint density at radius 3 is 2.62 bits per heavy atom. The second-order valence-corrected chi connectivity index (χ2v) is 4.47. The summed E-state index contributed by atoms with van der Waals surface area (Å²) in [6.07, 6.45) is -3.27. The zero-order valence-corrected chi connectivity index (χ0v) is 11.3. The molecule has 0 saturated heterocycles. The van der Waals surface area contributed by atoms with Gasteiger partial charge in [0.1, 0.15) is 6.33 Å². The number of carbonyl (C=O) groups excluding carboxylic acids is 1. The van der Waals surface area contributed by atoms with Crippen molar-refractivity contribution in [2.45, 2.75) is 32.5 Å². The van der Waals surface area contributed by atoms with E-state index in [0.29, 0.717) is 6.42 Å². The molecule has 0 aliphatic carbocycles. The number of carbonyl (C=O) groups is 1. The summed E-state index contributed by atoms with van der Waals surface area (Å²) in [5.41, 5.74) is 3.11. The smallest absolute Gasteiger partial charge is 0.364 e. The van der Waals surface area contributed by atoms with Crippen LogP contribution in [0.1, 0.15) is 42.5 Å². The number of nitrogens with zero attached hydrogens (tertiary/aromatic N) is 4. The molecule has 0 radical (unpaired) electrons. The lowest BCUT2D eigenvalue weighted by atomic mass is 10.1. The SMILES string of the molecule is CCC(C)n1nc(C(N)=O)c(-c2ncn[nH]2)c1C(F)(F)F. The number of amides is 1. The summed E-state index contributed by atoms with van der Waals surface area (Å²) in [5, 5.41) is 9.55. The summed E-state index contributed by atoms with van der Waals surface area (Å²) in [6.45, 7) is 3.28. The Kier molecular flexibility index (Phi) is 3.71. The van der Waals surface area contributed by atoms with E-state index in [0.717, 1.165) is 11.0 Å². The summed E-state index contributed by atoms with van der Waals surface area (Å²) in [5.74, 6) is -1.26. The van der Waals surface area contributed by atoms with Crippen LogP contribution in [-0.2, 0) is 6.18 Å². The second-order valence-electron chi connectivity index (χ2n) is 4.47. The number of aromatic nitrogens is 5. The summed E-state index contributed by atoms with van der Waals surface area (Å²) in [7, 11) is 0. The summed E-state index contributed by atoms with van der Waals surface area (Å²) < 4.78 is 41.0. The molecule has 2 rings (SSSR count). The van der Waals surface area contributed by atoms with E-state index in [1.807, 2.05) is 0 Å². The van der Waals surface area contributed by atoms with Crippen molar-refractivity contribution in [3.63, 3.8) is 0 Å². The molecular formula is C11H13F3N6O. The zero-order chi connectivity index (χ0) is 15.8. The number of rotatable bonds is 4. The van der Waals surface area contributed by atoms with Crippen LogP contribution < -0.4 is 5.73 Å². The highest BCUT2D eigenvalue weighted by atomic mass is 19.4. The largest absolute Gasteiger partial charge is 0.433 e. The van der Waals surface area contributed by atoms with Gasteiger partial charge in [-0.25, -0.2) is 4.98 Å². The van der Waals surface area contributed by atoms with Crippen LogP contribution in [0, 0.1) is 0 Å². The molecule has 1 atom stereocenters. The fourth-order valence-corrected chi connectivity index (χ4v) is 1.92. The molecule has 0 aliphatic rings. The van der Waals surface area contributed by atoms with Crippen LogP contribution in [0.2, 0.25) is 0 Å². The molecular weight excluding hydrogens is 289 g/mol. The summed E-state index contributed by atoms with van der Waals surface area (Å²) in [6, 6.07) is -0.559. The number of aromatic amines is 1. The van der Waals surface area contributed by atoms with Crippen molar-refractivity contribution in [1.82, 2.24) is 25.0 Å². The average molecular weight is 302 g/mol. The number of nitrogens with one attached hydrogen (secondary N) is 1. The molecule has 2 aromatic rings. The third-order valence-corrected chi connectivity index (χ3v) is 3.07. The average Bonchev–Trinajstić information content (AvgIpc) is 3.02. The van der Waals surface area contributed by atoms with Gasteiger partial charge in [-0.05, 0) is 13.3 Å². The maximum atomic E-state index is 13.4. The van der Waals surface area contributed by atoms with E-state index in [-0.39, 0.29) is 5.82 Å². The molecule has 1 unspecified atom stereocenters. The molecule has 0 fully saturated rings. The highest BCUT2D eigenvalue weighted by Crippen LogP contribution is 2.39. The van der Waals surface area contributed by atoms with E-state index in [1.165, 1.54) is 0 Å². The van der Waals surface area contributed by atoms with Crippen molar-refractivity contribution in [1.29, 1.82) is 0 Å². The van der Waals surface area contributed by atoms with Crippen molar-refractivity contribution in [2.24, 2.45) is 5.73 Å². The van der Waals surface area contributed by atoms with Gasteiger partial charge in [-0.1, -0.05) is 6.92 Å². The van der Waals surface area contributed by atoms with Gasteiger partial charge >= 0.3 is 6.18 Å². The quantitative estimate of drug-likeness (QED) is 0.898. The van der Waals surface area contributed by atoms with Crippen LogP contribution in [0.15, 0.2) is 6.33 Å². The van der Waals surface area contributed by atoms with E-state index >= 15 is 0 Å². The van der Waals surface area contributed by atoms with Gasteiger partial charge in [0.25, 0.3) is 5.91 Å². The van der Waals surface area contributed by atoms with E-state index in [1.54, 1.807) is 13.8 Å². The second kappa shape index (κ2) is 5.19. The Morgan fingerprint density at radius 2 is 2.19 bits per heavy atom. The first-order chi connectivity index (χ1) is 9.77. The molecule has 0 bridgehead atoms. The normalized spacial score (nSPS) is 13.4. The number of hydrogen-bond acceptors (Lipinski definition) is 4. The van der Waals surface area contributed by atoms with Crippen molar-refractivity contribution >= 4 is 5.91 Å². The molecule has 1 amide bonds. The maximum absolute atomic E-state index is 13.4. The van der Waals surface area contributed by atoms with Crippen molar-refractivity contribution in [3.8, 4) is 11.4 Å². The Morgan fingerprint density at radius 1 is 1.52 bits per heavy atom. The molecule has 2 aromatic heterocycles. The Labute approximate surface area is 117 Å². The topological polar surface area (TPSA) is 102 Å². The minimum Gasteiger partial charge on any atom is -0.364 e. The van der Waals surface area contributed by atoms with Gasteiger partial charge in [-0.15, -0.1) is 0 Å². The number of primary amides is 1. The van der Waals surface area contributed by atoms with Gasteiger partial charge in [-0.3, -0.25) is 14.6 Å². The number of nitrogens with two attached hydrogens (primary N) is 1. The highest BCUT2D eigenvalue weighted by Gasteiger charge is 2.43. The minimum atomic E-state index is -4.72. The fraction of sp³-hybridized carbons (Fsp3) is 0.455. The lowest BCUT2D eigenvalue weighted by Gasteiger charge is -2.16. The Balaban J connectivity index is 2.82. The van der Waals surface area contributed by atoms with Crippen LogP contribution in [-0.4, -0.2) is 30.9 Å². The molecule has 10 heteroatoms. The highest BCUT2D eigenvalue weighted by molar-refractivity contribution is 5.97. The number of hydrogen-bond donors (Lipinski definition) is 2. The first kappa shape index (κ1) is 15.0. The van der Waals surface area contributed by atoms with Crippen LogP contribution in [0.5, 0.6) is 0 Å². The van der Waals surface area contributed by atoms with E-state index < -0.39 is 35.1 Å². The maximum Gasteiger partial charge on any atom is 0.433 e. The first-order valence-corrected chi connectivity index (χ1v) is 6.12. The zero-order valence-electron chi connectivity index (χ0n) is 11.3.